The van der Waals surface area contributed by atoms with Crippen LogP contribution in [0.3, 0.4) is 0 Å². The summed E-state index contributed by atoms with van der Waals surface area (Å²) in [5.41, 5.74) is 12.8. The van der Waals surface area contributed by atoms with E-state index in [0.717, 1.165) is 148 Å². The molecule has 1 aromatic heterocycles. The van der Waals surface area contributed by atoms with Crippen LogP contribution in [0.2, 0.25) is 0 Å². The number of nitrogens with one attached hydrogen (secondary N) is 7. The molecule has 4 saturated heterocycles. The highest BCUT2D eigenvalue weighted by molar-refractivity contribution is 5.96. The molecule has 0 saturated carbocycles. The number of para-hydroxylation sites is 1. The Morgan fingerprint density at radius 1 is 0.439 bits per heavy atom. The number of carboxylic acid groups (broad SMARTS) is 2. The van der Waals surface area contributed by atoms with Gasteiger partial charge in [-0.25, -0.2) is 52.8 Å². The summed E-state index contributed by atoms with van der Waals surface area (Å²) in [5, 5.41) is 38.7. The number of carbonyl (C=O) groups is 12. The van der Waals surface area contributed by atoms with E-state index in [-0.39, 0.29) is 62.5 Å². The molecule has 0 radical (unpaired) electrons. The molecule has 8 atom stereocenters. The van der Waals surface area contributed by atoms with E-state index in [1.807, 2.05) is 153 Å². The van der Waals surface area contributed by atoms with Gasteiger partial charge < -0.3 is 121 Å². The highest BCUT2D eigenvalue weighted by Crippen LogP contribution is 2.30. The lowest BCUT2D eigenvalue weighted by atomic mass is 10.0. The third-order valence-corrected chi connectivity index (χ3v) is 21.9. The fraction of sp³-hybridized carbons (Fsp3) is 0.523. The molecular formula is C107H151F3N14O24. The second-order valence-electron chi connectivity index (χ2n) is 40.9. The number of amides is 8. The molecule has 4 aliphatic rings. The van der Waals surface area contributed by atoms with E-state index in [1.54, 1.807) is 110 Å². The first-order valence-electron chi connectivity index (χ1n) is 49.5. The number of pyridine rings is 1. The number of aliphatic carboxylic acids is 2. The van der Waals surface area contributed by atoms with Gasteiger partial charge in [-0.05, 0) is 260 Å². The number of benzene rings is 6. The summed E-state index contributed by atoms with van der Waals surface area (Å²) in [7, 11) is 0. The summed E-state index contributed by atoms with van der Waals surface area (Å²) in [5.74, 6) is -2.48. The third kappa shape index (κ3) is 53.2. The average molecular weight is 2070 g/mol. The van der Waals surface area contributed by atoms with Crippen molar-refractivity contribution >= 4 is 89.4 Å². The maximum Gasteiger partial charge on any atom is 0.519 e. The van der Waals surface area contributed by atoms with Crippen LogP contribution in [0.5, 0.6) is 0 Å². The Kier molecular flexibility index (Phi) is 51.1. The molecule has 814 valence electrons. The summed E-state index contributed by atoms with van der Waals surface area (Å²) in [4.78, 5) is 153. The van der Waals surface area contributed by atoms with Crippen molar-refractivity contribution in [1.82, 2.24) is 56.5 Å². The molecule has 13 N–H and O–H groups in total. The molecule has 41 heteroatoms. The Morgan fingerprint density at radius 3 is 1.18 bits per heavy atom. The van der Waals surface area contributed by atoms with Crippen molar-refractivity contribution in [2.24, 2.45) is 11.5 Å². The lowest BCUT2D eigenvalue weighted by Gasteiger charge is -2.32. The average Bonchev–Trinajstić information content (AvgIpc) is 1.31. The van der Waals surface area contributed by atoms with Crippen molar-refractivity contribution in [3.63, 3.8) is 0 Å². The number of likely N-dealkylation sites (tertiary alicyclic amines) is 3. The minimum Gasteiger partial charge on any atom is -0.480 e. The molecule has 4 unspecified atom stereocenters. The molecule has 7 aromatic rings. The Balaban J connectivity index is 0.000000277. The molecule has 8 amide bonds. The van der Waals surface area contributed by atoms with Gasteiger partial charge in [0.1, 0.15) is 66.5 Å². The second kappa shape index (κ2) is 61.3. The number of halogens is 3. The number of alkyl halides is 3. The van der Waals surface area contributed by atoms with Gasteiger partial charge >= 0.3 is 73.1 Å². The van der Waals surface area contributed by atoms with Gasteiger partial charge in [-0.1, -0.05) is 152 Å². The molecule has 4 fully saturated rings. The number of fused-ring (bicyclic) bond motifs is 1. The van der Waals surface area contributed by atoms with E-state index in [1.165, 1.54) is 18.3 Å². The number of anilines is 1. The number of hydrogen-bond acceptors (Lipinski definition) is 29. The minimum absolute atomic E-state index is 0.00145. The van der Waals surface area contributed by atoms with E-state index in [9.17, 15) is 75.8 Å². The summed E-state index contributed by atoms with van der Waals surface area (Å²) in [6.07, 6.45) is -1.63. The fourth-order valence-electron chi connectivity index (χ4n) is 14.8. The predicted octanol–water partition coefficient (Wildman–Crippen LogP) is 17.2. The van der Waals surface area contributed by atoms with E-state index < -0.39 is 125 Å². The first-order chi connectivity index (χ1) is 69.6. The van der Waals surface area contributed by atoms with Crippen molar-refractivity contribution in [3.8, 4) is 0 Å². The number of ether oxygens (including phenoxy) is 10. The zero-order chi connectivity index (χ0) is 109. The second-order valence-corrected chi connectivity index (χ2v) is 40.9. The third-order valence-electron chi connectivity index (χ3n) is 21.9. The Bertz CT molecular complexity index is 5200. The van der Waals surface area contributed by atoms with Gasteiger partial charge in [-0.2, -0.15) is 13.2 Å². The van der Waals surface area contributed by atoms with Crippen LogP contribution in [0.15, 0.2) is 182 Å². The van der Waals surface area contributed by atoms with Crippen LogP contribution in [-0.2, 0) is 101 Å². The minimum atomic E-state index is -4.39. The molecule has 11 rings (SSSR count). The number of alkyl carbamates (subject to hydrolysis) is 5. The van der Waals surface area contributed by atoms with Gasteiger partial charge in [0.05, 0.1) is 29.0 Å². The lowest BCUT2D eigenvalue weighted by Crippen LogP contribution is -2.48. The van der Waals surface area contributed by atoms with E-state index in [4.69, 9.17) is 59.2 Å². The summed E-state index contributed by atoms with van der Waals surface area (Å²) in [6.45, 7) is 37.4. The molecule has 6 aromatic carbocycles. The maximum absolute atomic E-state index is 12.8. The zero-order valence-electron chi connectivity index (χ0n) is 87.7. The Labute approximate surface area is 864 Å². The van der Waals surface area contributed by atoms with Crippen LogP contribution >= 0.6 is 0 Å². The van der Waals surface area contributed by atoms with Crippen LogP contribution in [0.1, 0.15) is 208 Å². The quantitative estimate of drug-likeness (QED) is 0.0106. The molecular weight excluding hydrogens is 1920 g/mol. The highest BCUT2D eigenvalue weighted by Gasteiger charge is 2.37. The number of aromatic nitrogens is 1. The smallest absolute Gasteiger partial charge is 0.480 e. The van der Waals surface area contributed by atoms with Gasteiger partial charge in [0.2, 0.25) is 5.91 Å². The molecule has 0 aliphatic carbocycles. The molecule has 38 nitrogen and oxygen atoms in total. The standard InChI is InChI=1S/C27H43N3O6.C22H33N3O6.C19H16F3N3O.C17H25N3O4.C12H16N2O2.C10H18O5/c1-20(30(24(32)35-26(2,3)4)25(33)36-27(5,6)7)12-11-16-29-17-15-22(18-29)28-23(31)34-19-21-13-9-8-10-14-21;1-22(2,3)31-21(29)24-18(19(26)27)10-7-12-25-13-11-17(14-25)23-20(28)30-15-16-8-5-4-6-9-16;20-19(21,22)14-7-5-12(6-8-14)9-16(23)18(26)25-15-10-13-3-1-2-4-17(13)24-11-15;18-15(16(21)22)7-4-9-20-10-8-14(11-20)19-17(23)24-12-13-5-2-1-3-6-13;15-12(14-11-6-7-13-8-11)16-9-10-4-2-1-3-5-10;1-9(2,3)14-7(11)13-8(12)15-10(4,5)6/h8-10,13-14,20,22H,11-12,15-19H2,1-7H3,(H,28,31);4-6,8-9,17-18H,7,10-15H2,1-3H3,(H,23,28)(H,24,29)(H,26,27);1-8,10-11,16H,9,23H2,(H,25,26);1-3,5-6,14-15H,4,7-12,18H2,(H,19,23)(H,21,22);1-5,11,13H,6-9H2,(H,14,15);1-6H3/t20-,22?;17?,18-;16-;14?,15-;;/m1010../s1. The molecule has 5 heterocycles. The Hall–Kier alpha value is -13.5. The first kappa shape index (κ1) is 123. The summed E-state index contributed by atoms with van der Waals surface area (Å²) in [6, 6.07) is 49.4. The highest BCUT2D eigenvalue weighted by atomic mass is 19.4. The van der Waals surface area contributed by atoms with Gasteiger partial charge in [0.25, 0.3) is 0 Å². The summed E-state index contributed by atoms with van der Waals surface area (Å²) < 4.78 is 88.4. The number of carboxylic acids is 2. The molecule has 4 aliphatic heterocycles. The van der Waals surface area contributed by atoms with Gasteiger partial charge in [0, 0.05) is 81.4 Å². The SMILES string of the molecule is CC(C)(C)OC(=O)N[C@@H](CCCN1CCC(NC(=O)OCc2ccccc2)C1)C(=O)O.CC(C)(C)OC(=O)OC(=O)OC(C)(C)C.C[C@H](CCCN1CCC(NC(=O)OCc2ccccc2)C1)N(C(=O)OC(C)(C)C)C(=O)OC(C)(C)C.N[C@@H](CCCN1CCC(NC(=O)OCc2ccccc2)C1)C(=O)O.N[C@H](Cc1ccc(C(F)(F)F)cc1)C(=O)Nc1cnc2ccccc2c1.O=C(NC1CCNC1)OCc1ccccc1. The predicted molar refractivity (Wildman–Crippen MR) is 550 cm³/mol. The lowest BCUT2D eigenvalue weighted by molar-refractivity contribution is -0.140. The van der Waals surface area contributed by atoms with E-state index in [0.29, 0.717) is 56.6 Å². The molecule has 148 heavy (non-hydrogen) atoms. The molecule has 0 spiro atoms. The van der Waals surface area contributed by atoms with Crippen molar-refractivity contribution in [2.45, 2.75) is 290 Å². The van der Waals surface area contributed by atoms with Crippen molar-refractivity contribution in [3.05, 3.63) is 216 Å². The van der Waals surface area contributed by atoms with Gasteiger partial charge in [-0.15, -0.1) is 0 Å². The normalized spacial score (nSPS) is 16.5. The van der Waals surface area contributed by atoms with Crippen molar-refractivity contribution < 1.29 is 128 Å². The van der Waals surface area contributed by atoms with Gasteiger partial charge in [0.15, 0.2) is 0 Å². The van der Waals surface area contributed by atoms with Gasteiger partial charge in [-0.3, -0.25) is 14.6 Å². The van der Waals surface area contributed by atoms with E-state index >= 15 is 0 Å². The van der Waals surface area contributed by atoms with Crippen LogP contribution in [-0.4, -0.2) is 256 Å². The van der Waals surface area contributed by atoms with Crippen LogP contribution in [0.4, 0.5) is 62.0 Å². The zero-order valence-corrected chi connectivity index (χ0v) is 87.7. The number of imide groups is 1. The van der Waals surface area contributed by atoms with Crippen LogP contribution < -0.4 is 48.7 Å². The number of hydrogen-bond donors (Lipinski definition) is 11. The van der Waals surface area contributed by atoms with Crippen molar-refractivity contribution in [2.75, 3.05) is 77.3 Å². The van der Waals surface area contributed by atoms with E-state index in [2.05, 4.69) is 61.6 Å². The number of carbonyl (C=O) groups excluding carboxylic acids is 10. The van der Waals surface area contributed by atoms with Crippen LogP contribution in [0.25, 0.3) is 10.9 Å². The summed E-state index contributed by atoms with van der Waals surface area (Å²) >= 11 is 0. The fourth-order valence-corrected chi connectivity index (χ4v) is 14.8. The molecule has 0 bridgehead atoms. The number of nitrogens with two attached hydrogens (primary N) is 2. The largest absolute Gasteiger partial charge is 0.519 e. The number of rotatable bonds is 32. The topological polar surface area (TPSA) is 500 Å². The van der Waals surface area contributed by atoms with Crippen molar-refractivity contribution in [1.29, 1.82) is 0 Å². The first-order valence-corrected chi connectivity index (χ1v) is 49.5. The maximum atomic E-state index is 12.8. The Morgan fingerprint density at radius 2 is 0.811 bits per heavy atom. The number of nitrogens with zero attached hydrogens (tertiary/aromatic N) is 5. The van der Waals surface area contributed by atoms with Crippen LogP contribution in [0, 0.1) is 0 Å². The monoisotopic (exact) mass is 2070 g/mol.